The maximum Gasteiger partial charge on any atom is 0.161 e. The van der Waals surface area contributed by atoms with Crippen LogP contribution < -0.4 is 25.4 Å². The molecule has 0 amide bonds. The van der Waals surface area contributed by atoms with Gasteiger partial charge in [0.05, 0.1) is 26.4 Å². The highest BCUT2D eigenvalue weighted by molar-refractivity contribution is 7.79. The van der Waals surface area contributed by atoms with E-state index in [0.29, 0.717) is 39.6 Å². The van der Waals surface area contributed by atoms with E-state index in [4.69, 9.17) is 18.9 Å². The monoisotopic (exact) mass is 408 g/mol. The van der Waals surface area contributed by atoms with Crippen LogP contribution in [0.5, 0.6) is 11.5 Å². The van der Waals surface area contributed by atoms with Crippen molar-refractivity contribution in [1.29, 1.82) is 0 Å². The van der Waals surface area contributed by atoms with Gasteiger partial charge in [-0.3, -0.25) is 0 Å². The fourth-order valence-corrected chi connectivity index (χ4v) is 5.52. The number of benzene rings is 3. The third-order valence-corrected chi connectivity index (χ3v) is 6.98. The quantitative estimate of drug-likeness (QED) is 0.624. The molecule has 0 radical (unpaired) electrons. The number of hydrogen-bond acceptors (Lipinski definition) is 4. The highest BCUT2D eigenvalue weighted by Gasteiger charge is 2.18. The predicted octanol–water partition coefficient (Wildman–Crippen LogP) is 3.25. The van der Waals surface area contributed by atoms with E-state index in [2.05, 4.69) is 72.8 Å². The lowest BCUT2D eigenvalue weighted by Gasteiger charge is -2.21. The van der Waals surface area contributed by atoms with Gasteiger partial charge in [0.25, 0.3) is 0 Å². The normalized spacial score (nSPS) is 15.3. The van der Waals surface area contributed by atoms with Crippen LogP contribution in [-0.2, 0) is 9.47 Å². The molecular formula is C24H25O4P. The second kappa shape index (κ2) is 10.4. The van der Waals surface area contributed by atoms with Crippen molar-refractivity contribution in [2.24, 2.45) is 0 Å². The summed E-state index contributed by atoms with van der Waals surface area (Å²) in [4.78, 5) is 0. The Labute approximate surface area is 173 Å². The van der Waals surface area contributed by atoms with Crippen molar-refractivity contribution in [3.05, 3.63) is 78.9 Å². The van der Waals surface area contributed by atoms with Gasteiger partial charge in [-0.1, -0.05) is 60.7 Å². The van der Waals surface area contributed by atoms with Gasteiger partial charge in [0, 0.05) is 0 Å². The number of ether oxygens (including phenoxy) is 4. The SMILES string of the molecule is c1ccc(P(c2ccccc2)c2ccc3c(c2)OCCOCCOCCO3)cc1. The molecule has 4 nitrogen and oxygen atoms in total. The Morgan fingerprint density at radius 1 is 0.483 bits per heavy atom. The summed E-state index contributed by atoms with van der Waals surface area (Å²) >= 11 is 0. The maximum atomic E-state index is 6.04. The predicted molar refractivity (Wildman–Crippen MR) is 118 cm³/mol. The van der Waals surface area contributed by atoms with Crippen LogP contribution in [0.4, 0.5) is 0 Å². The molecule has 0 aromatic heterocycles. The van der Waals surface area contributed by atoms with Gasteiger partial charge < -0.3 is 18.9 Å². The average Bonchev–Trinajstić information content (AvgIpc) is 2.76. The molecule has 3 aromatic rings. The van der Waals surface area contributed by atoms with Crippen LogP contribution in [0.1, 0.15) is 0 Å². The molecule has 1 aliphatic heterocycles. The summed E-state index contributed by atoms with van der Waals surface area (Å²) in [6.45, 7) is 3.18. The molecule has 0 spiro atoms. The second-order valence-corrected chi connectivity index (χ2v) is 8.78. The minimum atomic E-state index is -0.689. The van der Waals surface area contributed by atoms with Gasteiger partial charge in [-0.25, -0.2) is 0 Å². The summed E-state index contributed by atoms with van der Waals surface area (Å²) in [5.41, 5.74) is 0. The van der Waals surface area contributed by atoms with Crippen molar-refractivity contribution >= 4 is 23.8 Å². The zero-order valence-electron chi connectivity index (χ0n) is 16.3. The van der Waals surface area contributed by atoms with Crippen LogP contribution in [0.15, 0.2) is 78.9 Å². The highest BCUT2D eigenvalue weighted by atomic mass is 31.1. The van der Waals surface area contributed by atoms with E-state index in [0.717, 1.165) is 11.5 Å². The maximum absolute atomic E-state index is 6.04. The summed E-state index contributed by atoms with van der Waals surface area (Å²) in [7, 11) is -0.689. The van der Waals surface area contributed by atoms with E-state index in [-0.39, 0.29) is 0 Å². The molecule has 0 aliphatic carbocycles. The molecule has 1 aliphatic rings. The molecule has 29 heavy (non-hydrogen) atoms. The minimum absolute atomic E-state index is 0.481. The first-order chi connectivity index (χ1) is 14.4. The minimum Gasteiger partial charge on any atom is -0.487 e. The Hall–Kier alpha value is -2.39. The molecule has 1 heterocycles. The molecular weight excluding hydrogens is 383 g/mol. The Morgan fingerprint density at radius 2 is 1.00 bits per heavy atom. The van der Waals surface area contributed by atoms with Crippen molar-refractivity contribution in [1.82, 2.24) is 0 Å². The molecule has 0 unspecified atom stereocenters. The lowest BCUT2D eigenvalue weighted by molar-refractivity contribution is 0.0223. The molecule has 4 rings (SSSR count). The van der Waals surface area contributed by atoms with Gasteiger partial charge in [0.2, 0.25) is 0 Å². The molecule has 0 fully saturated rings. The van der Waals surface area contributed by atoms with E-state index in [9.17, 15) is 0 Å². The Bertz CT molecular complexity index is 846. The number of fused-ring (bicyclic) bond motifs is 1. The van der Waals surface area contributed by atoms with E-state index in [1.165, 1.54) is 15.9 Å². The first-order valence-electron chi connectivity index (χ1n) is 9.87. The second-order valence-electron chi connectivity index (χ2n) is 6.56. The summed E-state index contributed by atoms with van der Waals surface area (Å²) in [5.74, 6) is 1.50. The molecule has 0 atom stereocenters. The summed E-state index contributed by atoms with van der Waals surface area (Å²) in [5, 5.41) is 3.84. The lowest BCUT2D eigenvalue weighted by Crippen LogP contribution is -2.21. The smallest absolute Gasteiger partial charge is 0.161 e. The van der Waals surface area contributed by atoms with E-state index in [1.54, 1.807) is 0 Å². The highest BCUT2D eigenvalue weighted by Crippen LogP contribution is 2.36. The fraction of sp³-hybridized carbons (Fsp3) is 0.250. The third-order valence-electron chi connectivity index (χ3n) is 4.56. The van der Waals surface area contributed by atoms with Gasteiger partial charge >= 0.3 is 0 Å². The Morgan fingerprint density at radius 3 is 1.59 bits per heavy atom. The first-order valence-corrected chi connectivity index (χ1v) is 11.2. The number of hydrogen-bond donors (Lipinski definition) is 0. The average molecular weight is 408 g/mol. The third kappa shape index (κ3) is 5.36. The zero-order chi connectivity index (χ0) is 19.7. The summed E-state index contributed by atoms with van der Waals surface area (Å²) in [6.07, 6.45) is 0. The van der Waals surface area contributed by atoms with Crippen LogP contribution in [0.2, 0.25) is 0 Å². The van der Waals surface area contributed by atoms with Crippen molar-refractivity contribution in [3.8, 4) is 11.5 Å². The van der Waals surface area contributed by atoms with Gasteiger partial charge in [0.1, 0.15) is 13.2 Å². The van der Waals surface area contributed by atoms with Crippen molar-refractivity contribution < 1.29 is 18.9 Å². The van der Waals surface area contributed by atoms with Crippen LogP contribution in [-0.4, -0.2) is 39.6 Å². The van der Waals surface area contributed by atoms with Gasteiger partial charge in [-0.05, 0) is 42.0 Å². The fourth-order valence-electron chi connectivity index (χ4n) is 3.21. The zero-order valence-corrected chi connectivity index (χ0v) is 17.2. The molecule has 5 heteroatoms. The molecule has 0 saturated carbocycles. The molecule has 0 N–H and O–H groups in total. The van der Waals surface area contributed by atoms with Crippen LogP contribution in [0.3, 0.4) is 0 Å². The van der Waals surface area contributed by atoms with Crippen molar-refractivity contribution in [2.45, 2.75) is 0 Å². The van der Waals surface area contributed by atoms with E-state index < -0.39 is 7.92 Å². The largest absolute Gasteiger partial charge is 0.487 e. The Kier molecular flexibility index (Phi) is 7.14. The molecule has 150 valence electrons. The van der Waals surface area contributed by atoms with Gasteiger partial charge in [0.15, 0.2) is 11.5 Å². The van der Waals surface area contributed by atoms with Crippen LogP contribution in [0, 0.1) is 0 Å². The topological polar surface area (TPSA) is 36.9 Å². The van der Waals surface area contributed by atoms with Crippen LogP contribution >= 0.6 is 7.92 Å². The first kappa shape index (κ1) is 19.9. The van der Waals surface area contributed by atoms with Gasteiger partial charge in [-0.2, -0.15) is 0 Å². The molecule has 0 saturated heterocycles. The molecule has 3 aromatic carbocycles. The van der Waals surface area contributed by atoms with Crippen molar-refractivity contribution in [3.63, 3.8) is 0 Å². The lowest BCUT2D eigenvalue weighted by atomic mass is 10.3. The summed E-state index contributed by atoms with van der Waals surface area (Å²) in [6, 6.07) is 27.6. The van der Waals surface area contributed by atoms with Crippen molar-refractivity contribution in [2.75, 3.05) is 39.6 Å². The van der Waals surface area contributed by atoms with E-state index in [1.807, 2.05) is 6.07 Å². The standard InChI is InChI=1S/C24H25O4P/c1-3-7-20(8-4-1)29(21-9-5-2-6-10-21)22-11-12-23-24(19-22)28-18-16-26-14-13-25-15-17-27-23/h1-12,19H,13-18H2. The van der Waals surface area contributed by atoms with Gasteiger partial charge in [-0.15, -0.1) is 0 Å². The number of rotatable bonds is 3. The van der Waals surface area contributed by atoms with Crippen LogP contribution in [0.25, 0.3) is 0 Å². The van der Waals surface area contributed by atoms with E-state index >= 15 is 0 Å². The summed E-state index contributed by atoms with van der Waals surface area (Å²) < 4.78 is 23.0. The molecule has 0 bridgehead atoms. The Balaban J connectivity index is 1.69.